The molecule has 1 heterocycles. The van der Waals surface area contributed by atoms with Crippen molar-refractivity contribution in [3.63, 3.8) is 0 Å². The fraction of sp³-hybridized carbons (Fsp3) is 0.789. The van der Waals surface area contributed by atoms with Crippen LogP contribution in [0.1, 0.15) is 82.5 Å². The van der Waals surface area contributed by atoms with Gasteiger partial charge in [-0.1, -0.05) is 47.5 Å². The van der Waals surface area contributed by atoms with E-state index in [1.165, 1.54) is 37.0 Å². The third-order valence-corrected chi connectivity index (χ3v) is 6.41. The summed E-state index contributed by atoms with van der Waals surface area (Å²) in [7, 11) is 0. The van der Waals surface area contributed by atoms with Crippen LogP contribution in [0.15, 0.2) is 12.1 Å². The van der Waals surface area contributed by atoms with E-state index in [9.17, 15) is 0 Å². The lowest BCUT2D eigenvalue weighted by Crippen LogP contribution is -2.30. The highest BCUT2D eigenvalue weighted by Crippen LogP contribution is 2.40. The van der Waals surface area contributed by atoms with Crippen LogP contribution in [0.3, 0.4) is 0 Å². The van der Waals surface area contributed by atoms with E-state index in [0.29, 0.717) is 6.04 Å². The van der Waals surface area contributed by atoms with Crippen LogP contribution in [0, 0.1) is 11.8 Å². The van der Waals surface area contributed by atoms with Gasteiger partial charge in [0.25, 0.3) is 0 Å². The first kappa shape index (κ1) is 17.0. The minimum atomic E-state index is 0.277. The number of hydrogen-bond acceptors (Lipinski definition) is 2. The van der Waals surface area contributed by atoms with E-state index in [0.717, 1.165) is 18.4 Å². The zero-order chi connectivity index (χ0) is 15.5. The molecule has 0 spiro atoms. The Bertz CT molecular complexity index is 421. The summed E-state index contributed by atoms with van der Waals surface area (Å²) in [6.45, 7) is 12.8. The molecule has 2 rings (SSSR count). The Kier molecular flexibility index (Phi) is 5.90. The van der Waals surface area contributed by atoms with E-state index in [2.05, 4.69) is 52.1 Å². The second kappa shape index (κ2) is 7.28. The van der Waals surface area contributed by atoms with Gasteiger partial charge in [0.1, 0.15) is 0 Å². The molecule has 1 fully saturated rings. The first-order valence-electron chi connectivity index (χ1n) is 8.75. The summed E-state index contributed by atoms with van der Waals surface area (Å²) < 4.78 is 0. The Morgan fingerprint density at radius 3 is 2.38 bits per heavy atom. The lowest BCUT2D eigenvalue weighted by Gasteiger charge is -2.33. The molecule has 0 bridgehead atoms. The van der Waals surface area contributed by atoms with Crippen molar-refractivity contribution in [2.45, 2.75) is 78.2 Å². The van der Waals surface area contributed by atoms with Crippen LogP contribution in [0.2, 0.25) is 0 Å². The van der Waals surface area contributed by atoms with Gasteiger partial charge in [0.15, 0.2) is 0 Å². The van der Waals surface area contributed by atoms with Crippen LogP contribution in [-0.4, -0.2) is 6.54 Å². The summed E-state index contributed by atoms with van der Waals surface area (Å²) in [5, 5.41) is 3.85. The summed E-state index contributed by atoms with van der Waals surface area (Å²) in [4.78, 5) is 3.08. The second-order valence-electron chi connectivity index (χ2n) is 7.90. The van der Waals surface area contributed by atoms with Gasteiger partial charge in [-0.25, -0.2) is 0 Å². The first-order chi connectivity index (χ1) is 9.91. The summed E-state index contributed by atoms with van der Waals surface area (Å²) in [5.41, 5.74) is 0.277. The largest absolute Gasteiger partial charge is 0.309 e. The van der Waals surface area contributed by atoms with Crippen molar-refractivity contribution in [1.29, 1.82) is 0 Å². The molecule has 1 aliphatic rings. The SMILES string of the molecule is CCCNC(c1ccc(C(C)(C)C)s1)C1CCC(C)CC1. The summed E-state index contributed by atoms with van der Waals surface area (Å²) in [6, 6.07) is 5.32. The maximum Gasteiger partial charge on any atom is 0.0443 e. The number of rotatable bonds is 5. The van der Waals surface area contributed by atoms with Crippen LogP contribution in [0.25, 0.3) is 0 Å². The Labute approximate surface area is 135 Å². The van der Waals surface area contributed by atoms with Crippen LogP contribution >= 0.6 is 11.3 Å². The van der Waals surface area contributed by atoms with E-state index in [-0.39, 0.29) is 5.41 Å². The van der Waals surface area contributed by atoms with Crippen molar-refractivity contribution in [3.8, 4) is 0 Å². The Morgan fingerprint density at radius 2 is 1.86 bits per heavy atom. The average Bonchev–Trinajstić information content (AvgIpc) is 2.91. The van der Waals surface area contributed by atoms with E-state index < -0.39 is 0 Å². The summed E-state index contributed by atoms with van der Waals surface area (Å²) in [6.07, 6.45) is 6.83. The smallest absolute Gasteiger partial charge is 0.0443 e. The van der Waals surface area contributed by atoms with Gasteiger partial charge in [-0.2, -0.15) is 0 Å². The lowest BCUT2D eigenvalue weighted by atomic mass is 9.79. The Balaban J connectivity index is 2.13. The maximum atomic E-state index is 3.85. The van der Waals surface area contributed by atoms with Gasteiger partial charge >= 0.3 is 0 Å². The van der Waals surface area contributed by atoms with E-state index in [1.807, 2.05) is 11.3 Å². The van der Waals surface area contributed by atoms with Crippen molar-refractivity contribution < 1.29 is 0 Å². The topological polar surface area (TPSA) is 12.0 Å². The molecule has 1 atom stereocenters. The molecule has 1 aromatic heterocycles. The predicted molar refractivity (Wildman–Crippen MR) is 95.2 cm³/mol. The third-order valence-electron chi connectivity index (χ3n) is 4.82. The molecule has 2 heteroatoms. The molecule has 120 valence electrons. The highest BCUT2D eigenvalue weighted by atomic mass is 32.1. The van der Waals surface area contributed by atoms with Gasteiger partial charge in [-0.05, 0) is 55.2 Å². The number of hydrogen-bond donors (Lipinski definition) is 1. The summed E-state index contributed by atoms with van der Waals surface area (Å²) in [5.74, 6) is 1.76. The Hall–Kier alpha value is -0.340. The van der Waals surface area contributed by atoms with E-state index in [4.69, 9.17) is 0 Å². The molecule has 0 aliphatic heterocycles. The van der Waals surface area contributed by atoms with Crippen molar-refractivity contribution in [2.24, 2.45) is 11.8 Å². The van der Waals surface area contributed by atoms with Gasteiger partial charge in [0.05, 0.1) is 0 Å². The predicted octanol–water partition coefficient (Wildman–Crippen LogP) is 5.91. The van der Waals surface area contributed by atoms with Crippen molar-refractivity contribution in [1.82, 2.24) is 5.32 Å². The molecule has 1 aliphatic carbocycles. The van der Waals surface area contributed by atoms with Gasteiger partial charge in [-0.15, -0.1) is 11.3 Å². The van der Waals surface area contributed by atoms with Crippen molar-refractivity contribution in [3.05, 3.63) is 21.9 Å². The molecule has 0 aromatic carbocycles. The second-order valence-corrected chi connectivity index (χ2v) is 9.02. The molecular formula is C19H33NS. The zero-order valence-electron chi connectivity index (χ0n) is 14.5. The van der Waals surface area contributed by atoms with Crippen molar-refractivity contribution in [2.75, 3.05) is 6.54 Å². The van der Waals surface area contributed by atoms with E-state index in [1.54, 1.807) is 4.88 Å². The van der Waals surface area contributed by atoms with Crippen LogP contribution < -0.4 is 5.32 Å². The quantitative estimate of drug-likeness (QED) is 0.712. The molecule has 21 heavy (non-hydrogen) atoms. The fourth-order valence-corrected chi connectivity index (χ4v) is 4.58. The molecule has 1 aromatic rings. The molecule has 1 nitrogen and oxygen atoms in total. The van der Waals surface area contributed by atoms with Gasteiger partial charge < -0.3 is 5.32 Å². The number of thiophene rings is 1. The van der Waals surface area contributed by atoms with Gasteiger partial charge in [0, 0.05) is 15.8 Å². The van der Waals surface area contributed by atoms with Crippen LogP contribution in [-0.2, 0) is 5.41 Å². The minimum Gasteiger partial charge on any atom is -0.309 e. The summed E-state index contributed by atoms with van der Waals surface area (Å²) >= 11 is 2.03. The molecule has 0 amide bonds. The monoisotopic (exact) mass is 307 g/mol. The fourth-order valence-electron chi connectivity index (χ4n) is 3.34. The average molecular weight is 308 g/mol. The zero-order valence-corrected chi connectivity index (χ0v) is 15.4. The standard InChI is InChI=1S/C19H33NS/c1-6-13-20-18(15-9-7-14(2)8-10-15)16-11-12-17(21-16)19(3,4)5/h11-12,14-15,18,20H,6-10,13H2,1-5H3. The molecule has 1 saturated carbocycles. The highest BCUT2D eigenvalue weighted by Gasteiger charge is 2.28. The van der Waals surface area contributed by atoms with E-state index >= 15 is 0 Å². The molecule has 0 saturated heterocycles. The Morgan fingerprint density at radius 1 is 1.19 bits per heavy atom. The molecule has 0 radical (unpaired) electrons. The van der Waals surface area contributed by atoms with Crippen molar-refractivity contribution >= 4 is 11.3 Å². The minimum absolute atomic E-state index is 0.277. The maximum absolute atomic E-state index is 3.85. The van der Waals surface area contributed by atoms with Crippen LogP contribution in [0.4, 0.5) is 0 Å². The normalized spacial score (nSPS) is 25.0. The molecular weight excluding hydrogens is 274 g/mol. The third kappa shape index (κ3) is 4.56. The highest BCUT2D eigenvalue weighted by molar-refractivity contribution is 7.12. The van der Waals surface area contributed by atoms with Crippen LogP contribution in [0.5, 0.6) is 0 Å². The van der Waals surface area contributed by atoms with Gasteiger partial charge in [-0.3, -0.25) is 0 Å². The molecule has 1 N–H and O–H groups in total. The van der Waals surface area contributed by atoms with Gasteiger partial charge in [0.2, 0.25) is 0 Å². The number of nitrogens with one attached hydrogen (secondary N) is 1. The lowest BCUT2D eigenvalue weighted by molar-refractivity contribution is 0.233. The first-order valence-corrected chi connectivity index (χ1v) is 9.57. The molecule has 1 unspecified atom stereocenters.